The van der Waals surface area contributed by atoms with Crippen LogP contribution in [0, 0.1) is 0 Å². The fourth-order valence-electron chi connectivity index (χ4n) is 1.75. The van der Waals surface area contributed by atoms with E-state index in [1.807, 2.05) is 0 Å². The quantitative estimate of drug-likeness (QED) is 0.697. The lowest BCUT2D eigenvalue weighted by Crippen LogP contribution is -2.00. The summed E-state index contributed by atoms with van der Waals surface area (Å²) >= 11 is 1.36. The van der Waals surface area contributed by atoms with Gasteiger partial charge in [0.05, 0.1) is 16.5 Å². The first kappa shape index (κ1) is 10.3. The predicted molar refractivity (Wildman–Crippen MR) is 62.1 cm³/mol. The van der Waals surface area contributed by atoms with E-state index in [2.05, 4.69) is 9.97 Å². The summed E-state index contributed by atoms with van der Waals surface area (Å²) in [6, 6.07) is 6.83. The Morgan fingerprint density at radius 3 is 2.76 bits per heavy atom. The first-order valence-electron chi connectivity index (χ1n) is 4.91. The summed E-state index contributed by atoms with van der Waals surface area (Å²) in [5.41, 5.74) is 3.05. The molecule has 0 aliphatic heterocycles. The number of fused-ring (bicyclic) bond motifs is 1. The highest BCUT2D eigenvalue weighted by Crippen LogP contribution is 2.29. The van der Waals surface area contributed by atoms with E-state index in [0.717, 1.165) is 4.57 Å². The first-order chi connectivity index (χ1) is 8.27. The van der Waals surface area contributed by atoms with Crippen LogP contribution in [-0.4, -0.2) is 14.5 Å². The van der Waals surface area contributed by atoms with Gasteiger partial charge in [0.15, 0.2) is 5.82 Å². The van der Waals surface area contributed by atoms with Gasteiger partial charge in [-0.05, 0) is 12.1 Å². The molecule has 0 radical (unpaired) electrons. The zero-order chi connectivity index (χ0) is 11.8. The van der Waals surface area contributed by atoms with Gasteiger partial charge in [0.1, 0.15) is 5.69 Å². The Kier molecular flexibility index (Phi) is 2.36. The van der Waals surface area contributed by atoms with Crippen molar-refractivity contribution >= 4 is 22.4 Å². The van der Waals surface area contributed by atoms with E-state index in [9.17, 15) is 8.78 Å². The molecule has 0 aliphatic rings. The first-order valence-corrected chi connectivity index (χ1v) is 5.85. The van der Waals surface area contributed by atoms with Crippen molar-refractivity contribution in [2.45, 2.75) is 6.55 Å². The second-order valence-electron chi connectivity index (χ2n) is 3.45. The number of benzene rings is 1. The number of hydrogen-bond acceptors (Lipinski definition) is 3. The van der Waals surface area contributed by atoms with Crippen LogP contribution in [0.4, 0.5) is 8.78 Å². The molecule has 3 aromatic rings. The van der Waals surface area contributed by atoms with Gasteiger partial charge in [0, 0.05) is 5.38 Å². The van der Waals surface area contributed by atoms with E-state index in [0.29, 0.717) is 16.7 Å². The monoisotopic (exact) mass is 251 g/mol. The van der Waals surface area contributed by atoms with Crippen LogP contribution in [-0.2, 0) is 0 Å². The Balaban J connectivity index is 2.34. The zero-order valence-corrected chi connectivity index (χ0v) is 9.36. The molecule has 17 heavy (non-hydrogen) atoms. The lowest BCUT2D eigenvalue weighted by molar-refractivity contribution is 0.0763. The molecule has 0 N–H and O–H groups in total. The molecular formula is C11H7F2N3S. The molecule has 1 aromatic carbocycles. The van der Waals surface area contributed by atoms with Crippen LogP contribution < -0.4 is 0 Å². The van der Waals surface area contributed by atoms with E-state index in [-0.39, 0.29) is 5.82 Å². The largest absolute Gasteiger partial charge is 0.320 e. The zero-order valence-electron chi connectivity index (χ0n) is 8.55. The highest BCUT2D eigenvalue weighted by atomic mass is 32.1. The standard InChI is InChI=1S/C11H7F2N3S/c12-11(13)16-9-4-2-1-3-7(9)15-10(16)8-5-17-6-14-8/h1-6,11H. The lowest BCUT2D eigenvalue weighted by Gasteiger charge is -2.05. The van der Waals surface area contributed by atoms with E-state index >= 15 is 0 Å². The van der Waals surface area contributed by atoms with E-state index in [1.54, 1.807) is 35.2 Å². The summed E-state index contributed by atoms with van der Waals surface area (Å²) in [5.74, 6) is 0.211. The molecule has 2 heterocycles. The molecule has 0 spiro atoms. The van der Waals surface area contributed by atoms with Crippen LogP contribution in [0.3, 0.4) is 0 Å². The van der Waals surface area contributed by atoms with Crippen molar-refractivity contribution in [1.82, 2.24) is 14.5 Å². The second kappa shape index (κ2) is 3.89. The van der Waals surface area contributed by atoms with Gasteiger partial charge in [0.2, 0.25) is 0 Å². The molecule has 0 saturated carbocycles. The Bertz CT molecular complexity index is 646. The lowest BCUT2D eigenvalue weighted by atomic mass is 10.3. The van der Waals surface area contributed by atoms with E-state index < -0.39 is 6.55 Å². The average Bonchev–Trinajstić information content (AvgIpc) is 2.95. The Hall–Kier alpha value is -1.82. The molecule has 0 aliphatic carbocycles. The smallest absolute Gasteiger partial charge is 0.265 e. The number of rotatable bonds is 2. The summed E-state index contributed by atoms with van der Waals surface area (Å²) < 4.78 is 27.1. The minimum atomic E-state index is -2.63. The van der Waals surface area contributed by atoms with Crippen LogP contribution in [0.5, 0.6) is 0 Å². The van der Waals surface area contributed by atoms with Gasteiger partial charge in [-0.3, -0.25) is 4.57 Å². The minimum Gasteiger partial charge on any atom is -0.265 e. The number of aromatic nitrogens is 3. The Morgan fingerprint density at radius 1 is 1.24 bits per heavy atom. The Morgan fingerprint density at radius 2 is 2.06 bits per heavy atom. The van der Waals surface area contributed by atoms with Gasteiger partial charge < -0.3 is 0 Å². The minimum absolute atomic E-state index is 0.211. The van der Waals surface area contributed by atoms with Crippen molar-refractivity contribution in [2.24, 2.45) is 0 Å². The summed E-state index contributed by atoms with van der Waals surface area (Å²) in [5, 5.41) is 1.71. The SMILES string of the molecule is FC(F)n1c(-c2cscn2)nc2ccccc21. The molecule has 0 amide bonds. The normalized spacial score (nSPS) is 11.5. The van der Waals surface area contributed by atoms with Crippen molar-refractivity contribution < 1.29 is 8.78 Å². The van der Waals surface area contributed by atoms with Gasteiger partial charge >= 0.3 is 6.55 Å². The van der Waals surface area contributed by atoms with Crippen molar-refractivity contribution in [3.8, 4) is 11.5 Å². The maximum Gasteiger partial charge on any atom is 0.320 e. The second-order valence-corrected chi connectivity index (χ2v) is 4.16. The van der Waals surface area contributed by atoms with Gasteiger partial charge in [-0.25, -0.2) is 9.97 Å². The van der Waals surface area contributed by atoms with Crippen LogP contribution in [0.2, 0.25) is 0 Å². The third-order valence-corrected chi connectivity index (χ3v) is 3.04. The maximum atomic E-state index is 13.1. The van der Waals surface area contributed by atoms with Gasteiger partial charge in [0.25, 0.3) is 0 Å². The number of para-hydroxylation sites is 2. The van der Waals surface area contributed by atoms with E-state index in [1.165, 1.54) is 11.3 Å². The number of thiazole rings is 1. The van der Waals surface area contributed by atoms with Crippen LogP contribution >= 0.6 is 11.3 Å². The molecule has 0 unspecified atom stereocenters. The van der Waals surface area contributed by atoms with Crippen molar-refractivity contribution in [3.05, 3.63) is 35.2 Å². The molecular weight excluding hydrogens is 244 g/mol. The summed E-state index contributed by atoms with van der Waals surface area (Å²) in [6.45, 7) is -2.63. The number of imidazole rings is 1. The van der Waals surface area contributed by atoms with Gasteiger partial charge in [-0.2, -0.15) is 8.78 Å². The molecule has 2 aromatic heterocycles. The molecule has 3 rings (SSSR count). The highest BCUT2D eigenvalue weighted by Gasteiger charge is 2.19. The van der Waals surface area contributed by atoms with Crippen molar-refractivity contribution in [1.29, 1.82) is 0 Å². The van der Waals surface area contributed by atoms with Crippen molar-refractivity contribution in [3.63, 3.8) is 0 Å². The summed E-state index contributed by atoms with van der Waals surface area (Å²) in [4.78, 5) is 8.23. The highest BCUT2D eigenvalue weighted by molar-refractivity contribution is 7.07. The fraction of sp³-hybridized carbons (Fsp3) is 0.0909. The molecule has 0 atom stereocenters. The number of nitrogens with zero attached hydrogens (tertiary/aromatic N) is 3. The molecule has 0 saturated heterocycles. The number of hydrogen-bond donors (Lipinski definition) is 0. The topological polar surface area (TPSA) is 30.7 Å². The Labute approximate surface area is 99.4 Å². The predicted octanol–water partition coefficient (Wildman–Crippen LogP) is 3.55. The fourth-order valence-corrected chi connectivity index (χ4v) is 2.28. The summed E-state index contributed by atoms with van der Waals surface area (Å²) in [6.07, 6.45) is 0. The average molecular weight is 251 g/mol. The molecule has 0 fully saturated rings. The molecule has 0 bridgehead atoms. The molecule has 86 valence electrons. The van der Waals surface area contributed by atoms with E-state index in [4.69, 9.17) is 0 Å². The molecule has 6 heteroatoms. The maximum absolute atomic E-state index is 13.1. The summed E-state index contributed by atoms with van der Waals surface area (Å²) in [7, 11) is 0. The van der Waals surface area contributed by atoms with Gasteiger partial charge in [-0.1, -0.05) is 12.1 Å². The van der Waals surface area contributed by atoms with Gasteiger partial charge in [-0.15, -0.1) is 11.3 Å². The third-order valence-electron chi connectivity index (χ3n) is 2.45. The van der Waals surface area contributed by atoms with Crippen LogP contribution in [0.15, 0.2) is 35.2 Å². The van der Waals surface area contributed by atoms with Crippen molar-refractivity contribution in [2.75, 3.05) is 0 Å². The number of halogens is 2. The van der Waals surface area contributed by atoms with Crippen LogP contribution in [0.25, 0.3) is 22.6 Å². The van der Waals surface area contributed by atoms with Crippen LogP contribution in [0.1, 0.15) is 6.55 Å². The third kappa shape index (κ3) is 1.61. The molecule has 3 nitrogen and oxygen atoms in total. The number of alkyl halides is 2.